The van der Waals surface area contributed by atoms with E-state index in [4.69, 9.17) is 4.74 Å². The van der Waals surface area contributed by atoms with Crippen LogP contribution >= 0.6 is 0 Å². The van der Waals surface area contributed by atoms with Crippen molar-refractivity contribution in [1.29, 1.82) is 0 Å². The van der Waals surface area contributed by atoms with Crippen molar-refractivity contribution in [2.45, 2.75) is 18.7 Å². The third-order valence-corrected chi connectivity index (χ3v) is 5.30. The van der Waals surface area contributed by atoms with Crippen LogP contribution in [0.5, 0.6) is 5.75 Å². The van der Waals surface area contributed by atoms with E-state index in [0.29, 0.717) is 18.0 Å². The number of sulfone groups is 1. The fourth-order valence-electron chi connectivity index (χ4n) is 2.15. The average Bonchev–Trinajstić information content (AvgIpc) is 2.63. The van der Waals surface area contributed by atoms with E-state index >= 15 is 0 Å². The number of methoxy groups -OCH3 is 1. The summed E-state index contributed by atoms with van der Waals surface area (Å²) in [6, 6.07) is 13.2. The standard InChI is InChI=1S/C19H21NO5S/c1-4-25-16-9-7-15(8-10-16)20-13-18(19(21)24-3)26(22,23)17-11-5-14(2)6-12-17/h5-13,20H,4H2,1-3H3/b18-13+. The molecule has 0 radical (unpaired) electrons. The smallest absolute Gasteiger partial charge is 0.351 e. The fraction of sp³-hybridized carbons (Fsp3) is 0.211. The Morgan fingerprint density at radius 3 is 2.23 bits per heavy atom. The lowest BCUT2D eigenvalue weighted by Gasteiger charge is -2.09. The van der Waals surface area contributed by atoms with Crippen molar-refractivity contribution in [1.82, 2.24) is 0 Å². The van der Waals surface area contributed by atoms with E-state index in [1.165, 1.54) is 12.1 Å². The molecule has 0 aliphatic rings. The number of hydrogen-bond acceptors (Lipinski definition) is 6. The molecular formula is C19H21NO5S. The summed E-state index contributed by atoms with van der Waals surface area (Å²) in [6.45, 7) is 4.28. The topological polar surface area (TPSA) is 81.7 Å². The van der Waals surface area contributed by atoms with Gasteiger partial charge in [0.25, 0.3) is 0 Å². The Bertz CT molecular complexity index is 885. The Hall–Kier alpha value is -2.80. The summed E-state index contributed by atoms with van der Waals surface area (Å²) in [5, 5.41) is 2.82. The number of aryl methyl sites for hydroxylation is 1. The Labute approximate surface area is 153 Å². The van der Waals surface area contributed by atoms with E-state index in [-0.39, 0.29) is 4.90 Å². The molecular weight excluding hydrogens is 354 g/mol. The highest BCUT2D eigenvalue weighted by Crippen LogP contribution is 2.22. The molecule has 26 heavy (non-hydrogen) atoms. The van der Waals surface area contributed by atoms with Gasteiger partial charge in [0.2, 0.25) is 9.84 Å². The minimum Gasteiger partial charge on any atom is -0.494 e. The summed E-state index contributed by atoms with van der Waals surface area (Å²) in [5.74, 6) is -0.244. The molecule has 2 aromatic carbocycles. The second-order valence-electron chi connectivity index (χ2n) is 5.42. The van der Waals surface area contributed by atoms with Crippen molar-refractivity contribution in [3.63, 3.8) is 0 Å². The van der Waals surface area contributed by atoms with Crippen LogP contribution in [-0.4, -0.2) is 28.1 Å². The molecule has 6 nitrogen and oxygen atoms in total. The zero-order chi connectivity index (χ0) is 19.2. The lowest BCUT2D eigenvalue weighted by molar-refractivity contribution is -0.135. The average molecular weight is 375 g/mol. The molecule has 7 heteroatoms. The molecule has 0 aliphatic heterocycles. The van der Waals surface area contributed by atoms with E-state index < -0.39 is 20.7 Å². The number of hydrogen-bond donors (Lipinski definition) is 1. The van der Waals surface area contributed by atoms with E-state index in [9.17, 15) is 13.2 Å². The molecule has 0 bridgehead atoms. The van der Waals surface area contributed by atoms with Gasteiger partial charge in [-0.2, -0.15) is 0 Å². The highest BCUT2D eigenvalue weighted by Gasteiger charge is 2.28. The number of nitrogens with one attached hydrogen (secondary N) is 1. The quantitative estimate of drug-likeness (QED) is 0.591. The zero-order valence-electron chi connectivity index (χ0n) is 14.9. The maximum absolute atomic E-state index is 12.8. The second kappa shape index (κ2) is 8.53. The van der Waals surface area contributed by atoms with Crippen LogP contribution < -0.4 is 10.1 Å². The molecule has 0 spiro atoms. The number of rotatable bonds is 7. The van der Waals surface area contributed by atoms with Gasteiger partial charge in [0.15, 0.2) is 4.91 Å². The maximum Gasteiger partial charge on any atom is 0.351 e. The summed E-state index contributed by atoms with van der Waals surface area (Å²) in [7, 11) is -2.88. The summed E-state index contributed by atoms with van der Waals surface area (Å²) < 4.78 is 35.5. The number of anilines is 1. The van der Waals surface area contributed by atoms with Gasteiger partial charge < -0.3 is 14.8 Å². The van der Waals surface area contributed by atoms with Crippen LogP contribution in [0, 0.1) is 6.92 Å². The van der Waals surface area contributed by atoms with Crippen LogP contribution in [0.15, 0.2) is 64.5 Å². The van der Waals surface area contributed by atoms with Crippen molar-refractivity contribution in [2.24, 2.45) is 0 Å². The Morgan fingerprint density at radius 2 is 1.69 bits per heavy atom. The number of carbonyl (C=O) groups excluding carboxylic acids is 1. The first-order valence-electron chi connectivity index (χ1n) is 7.98. The van der Waals surface area contributed by atoms with Gasteiger partial charge in [-0.05, 0) is 50.2 Å². The molecule has 0 unspecified atom stereocenters. The first kappa shape index (κ1) is 19.5. The van der Waals surface area contributed by atoms with Crippen molar-refractivity contribution in [3.05, 3.63) is 65.2 Å². The number of esters is 1. The maximum atomic E-state index is 12.8. The van der Waals surface area contributed by atoms with Gasteiger partial charge in [-0.15, -0.1) is 0 Å². The monoisotopic (exact) mass is 375 g/mol. The molecule has 0 aromatic heterocycles. The zero-order valence-corrected chi connectivity index (χ0v) is 15.7. The Kier molecular flexibility index (Phi) is 6.41. The summed E-state index contributed by atoms with van der Waals surface area (Å²) in [5.41, 5.74) is 1.52. The first-order chi connectivity index (χ1) is 12.4. The molecule has 138 valence electrons. The number of carbonyl (C=O) groups is 1. The summed E-state index contributed by atoms with van der Waals surface area (Å²) >= 11 is 0. The Balaban J connectivity index is 2.33. The molecule has 0 saturated carbocycles. The third-order valence-electron chi connectivity index (χ3n) is 3.54. The van der Waals surface area contributed by atoms with Gasteiger partial charge in [0.1, 0.15) is 5.75 Å². The van der Waals surface area contributed by atoms with Crippen LogP contribution in [0.4, 0.5) is 5.69 Å². The van der Waals surface area contributed by atoms with Gasteiger partial charge in [-0.3, -0.25) is 0 Å². The number of benzene rings is 2. The van der Waals surface area contributed by atoms with Gasteiger partial charge in [0.05, 0.1) is 18.6 Å². The Morgan fingerprint density at radius 1 is 1.08 bits per heavy atom. The molecule has 0 heterocycles. The van der Waals surface area contributed by atoms with Crippen LogP contribution in [0.25, 0.3) is 0 Å². The van der Waals surface area contributed by atoms with Crippen LogP contribution in [0.3, 0.4) is 0 Å². The van der Waals surface area contributed by atoms with Crippen molar-refractivity contribution in [3.8, 4) is 5.75 Å². The lowest BCUT2D eigenvalue weighted by atomic mass is 10.2. The molecule has 0 fully saturated rings. The fourth-order valence-corrected chi connectivity index (χ4v) is 3.42. The lowest BCUT2D eigenvalue weighted by Crippen LogP contribution is -2.17. The largest absolute Gasteiger partial charge is 0.494 e. The van der Waals surface area contributed by atoms with Gasteiger partial charge in [0, 0.05) is 11.9 Å². The molecule has 0 amide bonds. The van der Waals surface area contributed by atoms with Gasteiger partial charge in [-0.25, -0.2) is 13.2 Å². The van der Waals surface area contributed by atoms with E-state index in [0.717, 1.165) is 18.9 Å². The third kappa shape index (κ3) is 4.64. The minimum atomic E-state index is -4.02. The second-order valence-corrected chi connectivity index (χ2v) is 7.34. The SMILES string of the molecule is CCOc1ccc(N/C=C(\C(=O)OC)S(=O)(=O)c2ccc(C)cc2)cc1. The van der Waals surface area contributed by atoms with Gasteiger partial charge >= 0.3 is 5.97 Å². The predicted octanol–water partition coefficient (Wildman–Crippen LogP) is 3.29. The highest BCUT2D eigenvalue weighted by molar-refractivity contribution is 7.96. The van der Waals surface area contributed by atoms with Gasteiger partial charge in [-0.1, -0.05) is 17.7 Å². The molecule has 2 rings (SSSR count). The molecule has 0 aliphatic carbocycles. The van der Waals surface area contributed by atoms with Crippen LogP contribution in [0.2, 0.25) is 0 Å². The highest BCUT2D eigenvalue weighted by atomic mass is 32.2. The van der Waals surface area contributed by atoms with E-state index in [1.54, 1.807) is 36.4 Å². The minimum absolute atomic E-state index is 0.0215. The normalized spacial score (nSPS) is 11.7. The molecule has 0 saturated heterocycles. The van der Waals surface area contributed by atoms with Crippen LogP contribution in [0.1, 0.15) is 12.5 Å². The van der Waals surface area contributed by atoms with Crippen molar-refractivity contribution >= 4 is 21.5 Å². The van der Waals surface area contributed by atoms with Crippen molar-refractivity contribution < 1.29 is 22.7 Å². The summed E-state index contributed by atoms with van der Waals surface area (Å²) in [4.78, 5) is 11.6. The van der Waals surface area contributed by atoms with E-state index in [2.05, 4.69) is 10.1 Å². The van der Waals surface area contributed by atoms with E-state index in [1.807, 2.05) is 13.8 Å². The number of ether oxygens (including phenoxy) is 2. The molecule has 2 aromatic rings. The van der Waals surface area contributed by atoms with Crippen molar-refractivity contribution in [2.75, 3.05) is 19.0 Å². The molecule has 0 atom stereocenters. The van der Waals surface area contributed by atoms with Crippen LogP contribution in [-0.2, 0) is 19.4 Å². The first-order valence-corrected chi connectivity index (χ1v) is 9.46. The predicted molar refractivity (Wildman–Crippen MR) is 99.7 cm³/mol. The molecule has 1 N–H and O–H groups in total. The summed E-state index contributed by atoms with van der Waals surface area (Å²) in [6.07, 6.45) is 1.14.